The van der Waals surface area contributed by atoms with Crippen LogP contribution in [-0.2, 0) is 12.8 Å². The Bertz CT molecular complexity index is 3930. The summed E-state index contributed by atoms with van der Waals surface area (Å²) in [6.45, 7) is 4.43. The molecule has 13 rings (SSSR count). The maximum absolute atomic E-state index is 6.88. The predicted octanol–water partition coefficient (Wildman–Crippen LogP) is 17.2. The summed E-state index contributed by atoms with van der Waals surface area (Å²) >= 11 is 1.88. The van der Waals surface area contributed by atoms with E-state index in [2.05, 4.69) is 219 Å². The van der Waals surface area contributed by atoms with Crippen molar-refractivity contribution in [3.8, 4) is 39.1 Å². The summed E-state index contributed by atoms with van der Waals surface area (Å²) in [6.07, 6.45) is 3.98. The summed E-state index contributed by atoms with van der Waals surface area (Å²) in [5.74, 6) is 0. The summed E-state index contributed by atoms with van der Waals surface area (Å²) in [6, 6.07) is 71.9. The highest BCUT2D eigenvalue weighted by Crippen LogP contribution is 2.48. The maximum atomic E-state index is 6.88. The Kier molecular flexibility index (Phi) is 8.69. The first-order valence-corrected chi connectivity index (χ1v) is 23.4. The number of aryl methyl sites for hydroxylation is 1. The van der Waals surface area contributed by atoms with Gasteiger partial charge in [-0.05, 0) is 147 Å². The van der Waals surface area contributed by atoms with Gasteiger partial charge in [-0.25, -0.2) is 0 Å². The summed E-state index contributed by atoms with van der Waals surface area (Å²) in [5.41, 5.74) is 21.9. The second-order valence-electron chi connectivity index (χ2n) is 17.5. The van der Waals surface area contributed by atoms with Crippen LogP contribution in [0.15, 0.2) is 205 Å². The van der Waals surface area contributed by atoms with Crippen LogP contribution in [0.3, 0.4) is 0 Å². The molecule has 0 unspecified atom stereocenters. The van der Waals surface area contributed by atoms with Crippen LogP contribution in [0, 0.1) is 6.92 Å². The monoisotopic (exact) mass is 849 g/mol. The van der Waals surface area contributed by atoms with Crippen molar-refractivity contribution < 1.29 is 4.42 Å². The Balaban J connectivity index is 1.05. The van der Waals surface area contributed by atoms with Crippen molar-refractivity contribution in [2.75, 3.05) is 0 Å². The quantitative estimate of drug-likeness (QED) is 0.173. The van der Waals surface area contributed by atoms with Gasteiger partial charge in [0.15, 0.2) is 0 Å². The smallest absolute Gasteiger partial charge is 0.213 e. The average Bonchev–Trinajstić information content (AvgIpc) is 4.02. The van der Waals surface area contributed by atoms with Crippen molar-refractivity contribution in [1.82, 2.24) is 4.57 Å². The average molecular weight is 850 g/mol. The molecule has 3 heteroatoms. The van der Waals surface area contributed by atoms with E-state index in [-0.39, 0.29) is 0 Å². The Hall–Kier alpha value is -7.72. The molecule has 12 aromatic rings. The van der Waals surface area contributed by atoms with E-state index >= 15 is 0 Å². The first kappa shape index (κ1) is 37.8. The van der Waals surface area contributed by atoms with Crippen molar-refractivity contribution >= 4 is 70.1 Å². The molecule has 1 aliphatic carbocycles. The molecule has 0 saturated carbocycles. The lowest BCUT2D eigenvalue weighted by atomic mass is 9.80. The number of furan rings is 1. The van der Waals surface area contributed by atoms with Crippen molar-refractivity contribution in [3.05, 3.63) is 239 Å². The molecule has 308 valence electrons. The van der Waals surface area contributed by atoms with E-state index in [0.717, 1.165) is 46.3 Å². The van der Waals surface area contributed by atoms with Crippen LogP contribution in [0.1, 0.15) is 45.9 Å². The third kappa shape index (κ3) is 5.93. The van der Waals surface area contributed by atoms with Crippen molar-refractivity contribution in [2.45, 2.75) is 26.7 Å². The van der Waals surface area contributed by atoms with E-state index in [0.29, 0.717) is 0 Å². The van der Waals surface area contributed by atoms with E-state index in [4.69, 9.17) is 4.42 Å². The first-order chi connectivity index (χ1) is 32.1. The molecule has 0 N–H and O–H groups in total. The Morgan fingerprint density at radius 3 is 1.88 bits per heavy atom. The Morgan fingerprint density at radius 1 is 0.508 bits per heavy atom. The number of fused-ring (bicyclic) bond motifs is 15. The molecule has 65 heavy (non-hydrogen) atoms. The van der Waals surface area contributed by atoms with Gasteiger partial charge in [-0.15, -0.1) is 11.3 Å². The summed E-state index contributed by atoms with van der Waals surface area (Å²) in [7, 11) is 0. The lowest BCUT2D eigenvalue weighted by Crippen LogP contribution is -2.05. The van der Waals surface area contributed by atoms with Gasteiger partial charge in [0, 0.05) is 36.6 Å². The van der Waals surface area contributed by atoms with Crippen LogP contribution < -0.4 is 0 Å². The number of benzene rings is 9. The second-order valence-corrected chi connectivity index (χ2v) is 18.5. The van der Waals surface area contributed by atoms with Crippen LogP contribution in [-0.4, -0.2) is 4.57 Å². The standard InChI is InChI=1S/C62H43NOS/c1-3-45(42-21-16-22-44(35-42)63-56-32-31-51-50-27-13-15-30-58(50)65-61(51)60(56)59-52-28-12-14-29-57(52)64-62(59)63)55-37-53-43(36-54(55)46-23-8-4-17-38(46)2)34-41-20-6-10-25-48(41)47-24-9-5-18-39(47)33-40-19-7-11-26-49(40)53/h3-32,35-37H,33-34H2,1-2H3/b45-3-. The highest BCUT2D eigenvalue weighted by atomic mass is 32.1. The molecule has 0 radical (unpaired) electrons. The molecule has 0 fully saturated rings. The summed E-state index contributed by atoms with van der Waals surface area (Å²) < 4.78 is 11.8. The fourth-order valence-electron chi connectivity index (χ4n) is 10.9. The molecule has 0 bridgehead atoms. The minimum atomic E-state index is 0.815. The van der Waals surface area contributed by atoms with Gasteiger partial charge >= 0.3 is 0 Å². The highest BCUT2D eigenvalue weighted by Gasteiger charge is 2.25. The van der Waals surface area contributed by atoms with Gasteiger partial charge < -0.3 is 4.42 Å². The lowest BCUT2D eigenvalue weighted by Gasteiger charge is -2.24. The molecule has 3 aromatic heterocycles. The van der Waals surface area contributed by atoms with Crippen LogP contribution >= 0.6 is 11.3 Å². The van der Waals surface area contributed by atoms with Crippen molar-refractivity contribution in [3.63, 3.8) is 0 Å². The molecule has 0 spiro atoms. The Labute approximate surface area is 382 Å². The molecule has 9 aromatic carbocycles. The normalized spacial score (nSPS) is 12.7. The Morgan fingerprint density at radius 2 is 1.14 bits per heavy atom. The molecule has 1 aliphatic rings. The van der Waals surface area contributed by atoms with E-state index in [1.54, 1.807) is 0 Å². The number of nitrogens with zero attached hydrogens (tertiary/aromatic N) is 1. The molecule has 0 atom stereocenters. The third-order valence-electron chi connectivity index (χ3n) is 13.9. The van der Waals surface area contributed by atoms with Crippen molar-refractivity contribution in [1.29, 1.82) is 0 Å². The molecule has 0 amide bonds. The minimum Gasteiger partial charge on any atom is -0.439 e. The number of thiophene rings is 1. The predicted molar refractivity (Wildman–Crippen MR) is 276 cm³/mol. The van der Waals surface area contributed by atoms with Gasteiger partial charge in [-0.1, -0.05) is 158 Å². The van der Waals surface area contributed by atoms with Gasteiger partial charge in [0.2, 0.25) is 5.71 Å². The van der Waals surface area contributed by atoms with Gasteiger partial charge in [0.25, 0.3) is 0 Å². The van der Waals surface area contributed by atoms with Gasteiger partial charge in [-0.3, -0.25) is 4.57 Å². The SMILES string of the molecule is C/C=C(/c1cccc(-n2c3ccc4c5ccccc5sc4c3c3c4ccccc4oc32)c1)c1cc2c(cc1-c1ccccc1C)Cc1ccccc1-c1ccccc1Cc1ccccc1-2. The molecule has 0 saturated heterocycles. The van der Waals surface area contributed by atoms with E-state index < -0.39 is 0 Å². The van der Waals surface area contributed by atoms with E-state index in [1.807, 2.05) is 11.3 Å². The first-order valence-electron chi connectivity index (χ1n) is 22.6. The van der Waals surface area contributed by atoms with Gasteiger partial charge in [-0.2, -0.15) is 0 Å². The van der Waals surface area contributed by atoms with Crippen molar-refractivity contribution in [2.24, 2.45) is 0 Å². The molecule has 0 aliphatic heterocycles. The lowest BCUT2D eigenvalue weighted by molar-refractivity contribution is 0.645. The second kappa shape index (κ2) is 14.9. The largest absolute Gasteiger partial charge is 0.439 e. The van der Waals surface area contributed by atoms with Gasteiger partial charge in [0.05, 0.1) is 10.9 Å². The molecular formula is C62H43NOS. The van der Waals surface area contributed by atoms with Crippen LogP contribution in [0.25, 0.3) is 97.8 Å². The fourth-order valence-corrected chi connectivity index (χ4v) is 12.1. The molecule has 2 nitrogen and oxygen atoms in total. The molecule has 3 heterocycles. The topological polar surface area (TPSA) is 18.1 Å². The van der Waals surface area contributed by atoms with E-state index in [1.165, 1.54) is 103 Å². The zero-order valence-electron chi connectivity index (χ0n) is 36.2. The van der Waals surface area contributed by atoms with Gasteiger partial charge in [0.1, 0.15) is 5.58 Å². The van der Waals surface area contributed by atoms with Crippen LogP contribution in [0.2, 0.25) is 0 Å². The van der Waals surface area contributed by atoms with Crippen LogP contribution in [0.4, 0.5) is 0 Å². The zero-order chi connectivity index (χ0) is 43.2. The highest BCUT2D eigenvalue weighted by molar-refractivity contribution is 7.26. The number of rotatable bonds is 4. The minimum absolute atomic E-state index is 0.815. The summed E-state index contributed by atoms with van der Waals surface area (Å²) in [4.78, 5) is 0. The number of hydrogen-bond donors (Lipinski definition) is 0. The zero-order valence-corrected chi connectivity index (χ0v) is 37.0. The van der Waals surface area contributed by atoms with E-state index in [9.17, 15) is 0 Å². The number of aromatic nitrogens is 1. The maximum Gasteiger partial charge on any atom is 0.213 e. The summed E-state index contributed by atoms with van der Waals surface area (Å²) in [5, 5.41) is 6.14. The number of allylic oxidation sites excluding steroid dienone is 1. The fraction of sp³-hybridized carbons (Fsp3) is 0.0645. The third-order valence-corrected chi connectivity index (χ3v) is 15.1. The molecular weight excluding hydrogens is 807 g/mol. The van der Waals surface area contributed by atoms with Crippen LogP contribution in [0.5, 0.6) is 0 Å². The number of para-hydroxylation sites is 1. The number of hydrogen-bond acceptors (Lipinski definition) is 2.